The van der Waals surface area contributed by atoms with Gasteiger partial charge in [0.15, 0.2) is 11.5 Å². The summed E-state index contributed by atoms with van der Waals surface area (Å²) in [5, 5.41) is 10.8. The van der Waals surface area contributed by atoms with E-state index in [1.54, 1.807) is 37.4 Å². The van der Waals surface area contributed by atoms with Crippen LogP contribution in [0.15, 0.2) is 52.0 Å². The number of aromatic nitrogens is 3. The number of benzene rings is 1. The van der Waals surface area contributed by atoms with Crippen LogP contribution in [0.2, 0.25) is 0 Å². The normalized spacial score (nSPS) is 12.3. The summed E-state index contributed by atoms with van der Waals surface area (Å²) in [5.41, 5.74) is 0.253. The van der Waals surface area contributed by atoms with E-state index in [0.29, 0.717) is 15.9 Å². The smallest absolute Gasteiger partial charge is 0.252 e. The Morgan fingerprint density at radius 1 is 1.18 bits per heavy atom. The molecular weight excluding hydrogens is 446 g/mol. The lowest BCUT2D eigenvalue weighted by atomic mass is 10.1. The van der Waals surface area contributed by atoms with Crippen LogP contribution >= 0.6 is 15.9 Å². The molecule has 0 unspecified atom stereocenters. The Kier molecular flexibility index (Phi) is 5.55. The molecule has 3 rings (SSSR count). The van der Waals surface area contributed by atoms with Gasteiger partial charge < -0.3 is 5.32 Å². The van der Waals surface area contributed by atoms with Crippen molar-refractivity contribution in [1.29, 1.82) is 0 Å². The molecule has 10 heteroatoms. The van der Waals surface area contributed by atoms with Crippen LogP contribution in [0.4, 0.5) is 0 Å². The number of hydrogen-bond acceptors (Lipinski definition) is 5. The first kappa shape index (κ1) is 20.4. The van der Waals surface area contributed by atoms with Crippen molar-refractivity contribution in [2.24, 2.45) is 0 Å². The minimum Gasteiger partial charge on any atom is -0.345 e. The number of amides is 1. The number of nitrogens with one attached hydrogen (secondary N) is 2. The first-order chi connectivity index (χ1) is 13.1. The van der Waals surface area contributed by atoms with E-state index in [0.717, 1.165) is 0 Å². The van der Waals surface area contributed by atoms with Crippen molar-refractivity contribution < 1.29 is 13.2 Å². The zero-order valence-corrected chi connectivity index (χ0v) is 18.0. The number of sulfonamides is 1. The number of carbonyl (C=O) groups excluding carboxylic acids is 1. The Labute approximate surface area is 171 Å². The lowest BCUT2D eigenvalue weighted by molar-refractivity contribution is 0.0949. The Balaban J connectivity index is 1.82. The zero-order valence-electron chi connectivity index (χ0n) is 15.6. The molecule has 1 aromatic carbocycles. The van der Waals surface area contributed by atoms with Crippen LogP contribution in [0.3, 0.4) is 0 Å². The minimum absolute atomic E-state index is 0.0173. The Morgan fingerprint density at radius 3 is 2.64 bits per heavy atom. The first-order valence-electron chi connectivity index (χ1n) is 8.47. The molecule has 0 radical (unpaired) electrons. The fourth-order valence-electron chi connectivity index (χ4n) is 2.57. The van der Waals surface area contributed by atoms with Gasteiger partial charge in [-0.25, -0.2) is 13.1 Å². The van der Waals surface area contributed by atoms with E-state index in [1.807, 2.05) is 18.2 Å². The van der Waals surface area contributed by atoms with Gasteiger partial charge in [0, 0.05) is 16.2 Å². The number of carbonyl (C=O) groups is 1. The highest BCUT2D eigenvalue weighted by molar-refractivity contribution is 9.10. The summed E-state index contributed by atoms with van der Waals surface area (Å²) in [7, 11) is -3.76. The SMILES string of the molecule is CC(C)(C)NS(=O)(=O)c1ccc(Br)c(C(=O)NCc2nnc3ccccn23)c1. The van der Waals surface area contributed by atoms with Crippen LogP contribution in [-0.2, 0) is 16.6 Å². The molecule has 2 heterocycles. The lowest BCUT2D eigenvalue weighted by Crippen LogP contribution is -2.40. The molecule has 3 aromatic rings. The van der Waals surface area contributed by atoms with Gasteiger partial charge in [-0.3, -0.25) is 9.20 Å². The predicted molar refractivity (Wildman–Crippen MR) is 108 cm³/mol. The second-order valence-corrected chi connectivity index (χ2v) is 9.76. The third-order valence-corrected chi connectivity index (χ3v) is 6.17. The second-order valence-electron chi connectivity index (χ2n) is 7.22. The third kappa shape index (κ3) is 4.57. The number of fused-ring (bicyclic) bond motifs is 1. The van der Waals surface area contributed by atoms with Crippen LogP contribution in [-0.4, -0.2) is 34.5 Å². The number of rotatable bonds is 5. The maximum Gasteiger partial charge on any atom is 0.252 e. The van der Waals surface area contributed by atoms with Crippen LogP contribution < -0.4 is 10.0 Å². The summed E-state index contributed by atoms with van der Waals surface area (Å²) in [5.74, 6) is 0.144. The summed E-state index contributed by atoms with van der Waals surface area (Å²) >= 11 is 3.31. The molecule has 0 aliphatic carbocycles. The molecule has 0 saturated heterocycles. The first-order valence-corrected chi connectivity index (χ1v) is 10.7. The highest BCUT2D eigenvalue weighted by Gasteiger charge is 2.24. The van der Waals surface area contributed by atoms with Gasteiger partial charge in [0.25, 0.3) is 5.91 Å². The van der Waals surface area contributed by atoms with Gasteiger partial charge >= 0.3 is 0 Å². The molecule has 2 N–H and O–H groups in total. The summed E-state index contributed by atoms with van der Waals surface area (Å²) in [6, 6.07) is 9.83. The summed E-state index contributed by atoms with van der Waals surface area (Å²) in [6.07, 6.45) is 1.80. The van der Waals surface area contributed by atoms with Crippen molar-refractivity contribution in [3.8, 4) is 0 Å². The Morgan fingerprint density at radius 2 is 1.93 bits per heavy atom. The van der Waals surface area contributed by atoms with E-state index in [1.165, 1.54) is 12.1 Å². The van der Waals surface area contributed by atoms with Crippen molar-refractivity contribution in [3.63, 3.8) is 0 Å². The Bertz CT molecular complexity index is 1140. The molecule has 0 saturated carbocycles. The maximum absolute atomic E-state index is 12.6. The summed E-state index contributed by atoms with van der Waals surface area (Å²) < 4.78 is 29.9. The molecular formula is C18H20BrN5O3S. The van der Waals surface area contributed by atoms with Crippen molar-refractivity contribution in [1.82, 2.24) is 24.6 Å². The van der Waals surface area contributed by atoms with Crippen LogP contribution in [0.25, 0.3) is 5.65 Å². The monoisotopic (exact) mass is 465 g/mol. The van der Waals surface area contributed by atoms with Crippen LogP contribution in [0.5, 0.6) is 0 Å². The van der Waals surface area contributed by atoms with Crippen molar-refractivity contribution in [3.05, 3.63) is 58.5 Å². The lowest BCUT2D eigenvalue weighted by Gasteiger charge is -2.20. The topological polar surface area (TPSA) is 105 Å². The molecule has 0 aliphatic rings. The molecule has 8 nitrogen and oxygen atoms in total. The van der Waals surface area contributed by atoms with E-state index in [-0.39, 0.29) is 17.0 Å². The van der Waals surface area contributed by atoms with Gasteiger partial charge in [-0.15, -0.1) is 10.2 Å². The molecule has 0 fully saturated rings. The fourth-order valence-corrected chi connectivity index (χ4v) is 4.44. The van der Waals surface area contributed by atoms with Gasteiger partial charge in [-0.1, -0.05) is 6.07 Å². The quantitative estimate of drug-likeness (QED) is 0.601. The van der Waals surface area contributed by atoms with Gasteiger partial charge in [0.2, 0.25) is 10.0 Å². The van der Waals surface area contributed by atoms with Gasteiger partial charge in [-0.2, -0.15) is 0 Å². The van der Waals surface area contributed by atoms with Gasteiger partial charge in [0.05, 0.1) is 17.0 Å². The average molecular weight is 466 g/mol. The number of pyridine rings is 1. The Hall–Kier alpha value is -2.30. The fraction of sp³-hybridized carbons (Fsp3) is 0.278. The summed E-state index contributed by atoms with van der Waals surface area (Å²) in [6.45, 7) is 5.40. The molecule has 2 aromatic heterocycles. The molecule has 0 aliphatic heterocycles. The second kappa shape index (κ2) is 7.61. The third-order valence-electron chi connectivity index (χ3n) is 3.72. The molecule has 1 amide bonds. The largest absolute Gasteiger partial charge is 0.345 e. The summed E-state index contributed by atoms with van der Waals surface area (Å²) in [4.78, 5) is 12.7. The highest BCUT2D eigenvalue weighted by atomic mass is 79.9. The standard InChI is InChI=1S/C18H20BrN5O3S/c1-18(2,3)23-28(26,27)12-7-8-14(19)13(10-12)17(25)20-11-16-22-21-15-6-4-5-9-24(15)16/h4-10,23H,11H2,1-3H3,(H,20,25). The highest BCUT2D eigenvalue weighted by Crippen LogP contribution is 2.22. The zero-order chi connectivity index (χ0) is 20.5. The van der Waals surface area contributed by atoms with Crippen molar-refractivity contribution in [2.45, 2.75) is 37.8 Å². The average Bonchev–Trinajstić information content (AvgIpc) is 3.01. The van der Waals surface area contributed by atoms with E-state index in [9.17, 15) is 13.2 Å². The predicted octanol–water partition coefficient (Wildman–Crippen LogP) is 2.50. The number of halogens is 1. The molecule has 0 atom stereocenters. The van der Waals surface area contributed by atoms with E-state index in [4.69, 9.17) is 0 Å². The number of hydrogen-bond donors (Lipinski definition) is 2. The molecule has 148 valence electrons. The van der Waals surface area contributed by atoms with E-state index < -0.39 is 21.5 Å². The minimum atomic E-state index is -3.76. The molecule has 0 bridgehead atoms. The van der Waals surface area contributed by atoms with Crippen LogP contribution in [0.1, 0.15) is 37.0 Å². The van der Waals surface area contributed by atoms with Crippen molar-refractivity contribution >= 4 is 37.5 Å². The maximum atomic E-state index is 12.6. The number of nitrogens with zero attached hydrogens (tertiary/aromatic N) is 3. The molecule has 0 spiro atoms. The van der Waals surface area contributed by atoms with Crippen molar-refractivity contribution in [2.75, 3.05) is 0 Å². The van der Waals surface area contributed by atoms with Crippen LogP contribution in [0, 0.1) is 0 Å². The van der Waals surface area contributed by atoms with E-state index in [2.05, 4.69) is 36.2 Å². The van der Waals surface area contributed by atoms with E-state index >= 15 is 0 Å². The van der Waals surface area contributed by atoms with Gasteiger partial charge in [-0.05, 0) is 67.0 Å². The van der Waals surface area contributed by atoms with Gasteiger partial charge in [0.1, 0.15) is 0 Å². The molecule has 28 heavy (non-hydrogen) atoms.